The van der Waals surface area contributed by atoms with Crippen LogP contribution in [0.15, 0.2) is 34.7 Å². The molecule has 1 N–H and O–H groups in total. The number of nitrogens with one attached hydrogen (secondary N) is 1. The number of hydrogen-bond donors (Lipinski definition) is 1. The second kappa shape index (κ2) is 9.30. The van der Waals surface area contributed by atoms with Crippen LogP contribution in [0.4, 0.5) is 5.13 Å². The molecule has 0 aliphatic heterocycles. The van der Waals surface area contributed by atoms with Crippen LogP contribution in [0.1, 0.15) is 56.6 Å². The molecule has 1 atom stereocenters. The van der Waals surface area contributed by atoms with Gasteiger partial charge < -0.3 is 5.32 Å². The largest absolute Gasteiger partial charge is 0.301 e. The Labute approximate surface area is 170 Å². The van der Waals surface area contributed by atoms with Gasteiger partial charge in [0.05, 0.1) is 16.4 Å². The number of benzene rings is 1. The first kappa shape index (κ1) is 22.1. The van der Waals surface area contributed by atoms with E-state index in [1.807, 2.05) is 6.07 Å². The zero-order chi connectivity index (χ0) is 19.4. The van der Waals surface area contributed by atoms with Crippen molar-refractivity contribution in [2.45, 2.75) is 50.3 Å². The predicted octanol–water partition coefficient (Wildman–Crippen LogP) is 4.36. The normalized spacial score (nSPS) is 15.4. The van der Waals surface area contributed by atoms with Gasteiger partial charge in [-0.2, -0.15) is 5.26 Å². The Balaban J connectivity index is 0.00000280. The average molecular weight is 420 g/mol. The summed E-state index contributed by atoms with van der Waals surface area (Å²) in [6.45, 7) is 0. The van der Waals surface area contributed by atoms with Crippen LogP contribution in [0.3, 0.4) is 0 Å². The topological polar surface area (TPSA) is 99.9 Å². The van der Waals surface area contributed by atoms with E-state index < -0.39 is 15.8 Å². The Morgan fingerprint density at radius 1 is 1.39 bits per heavy atom. The maximum atomic E-state index is 12.9. The van der Waals surface area contributed by atoms with E-state index in [-0.39, 0.29) is 23.8 Å². The molecule has 1 amide bonds. The molecule has 0 spiro atoms. The van der Waals surface area contributed by atoms with E-state index in [1.165, 1.54) is 36.3 Å². The quantitative estimate of drug-likeness (QED) is 0.750. The van der Waals surface area contributed by atoms with E-state index in [1.54, 1.807) is 17.6 Å². The van der Waals surface area contributed by atoms with E-state index in [2.05, 4.69) is 10.3 Å². The van der Waals surface area contributed by atoms with Gasteiger partial charge in [0, 0.05) is 17.8 Å². The van der Waals surface area contributed by atoms with Crippen LogP contribution < -0.4 is 5.32 Å². The second-order valence-corrected chi connectivity index (χ2v) is 9.78. The van der Waals surface area contributed by atoms with Gasteiger partial charge in [-0.3, -0.25) is 4.79 Å². The minimum Gasteiger partial charge on any atom is -0.301 e. The maximum absolute atomic E-state index is 12.9. The molecule has 0 bridgehead atoms. The fourth-order valence-corrected chi connectivity index (χ4v) is 4.98. The Morgan fingerprint density at radius 2 is 2.11 bits per heavy atom. The molecule has 1 aromatic heterocycles. The standard InChI is InChI=1S/C19H21N3O3S2.CH4/c1-27(24,25)17-7-6-14(11-15(17)12-20)16(10-13-4-2-3-5-13)18(23)22-19-21-8-9-26-19;/h6-9,11,13,16H,2-5,10H2,1H3,(H,21,22,23);1H4. The number of aromatic nitrogens is 1. The van der Waals surface area contributed by atoms with Crippen molar-refractivity contribution in [2.24, 2.45) is 5.92 Å². The van der Waals surface area contributed by atoms with Crippen molar-refractivity contribution in [1.29, 1.82) is 5.26 Å². The number of nitriles is 1. The summed E-state index contributed by atoms with van der Waals surface area (Å²) in [7, 11) is -3.50. The fraction of sp³-hybridized carbons (Fsp3) is 0.450. The summed E-state index contributed by atoms with van der Waals surface area (Å²) in [5.41, 5.74) is 0.744. The molecule has 2 aromatic rings. The summed E-state index contributed by atoms with van der Waals surface area (Å²) >= 11 is 1.35. The molecule has 28 heavy (non-hydrogen) atoms. The van der Waals surface area contributed by atoms with Gasteiger partial charge in [-0.05, 0) is 30.0 Å². The molecule has 3 rings (SSSR count). The first-order valence-corrected chi connectivity index (χ1v) is 11.6. The zero-order valence-corrected chi connectivity index (χ0v) is 16.6. The van der Waals surface area contributed by atoms with Crippen molar-refractivity contribution in [1.82, 2.24) is 4.98 Å². The summed E-state index contributed by atoms with van der Waals surface area (Å²) in [5, 5.41) is 14.6. The number of nitrogens with zero attached hydrogens (tertiary/aromatic N) is 2. The maximum Gasteiger partial charge on any atom is 0.233 e. The third-order valence-corrected chi connectivity index (χ3v) is 6.79. The van der Waals surface area contributed by atoms with Crippen molar-refractivity contribution in [3.8, 4) is 6.07 Å². The molecule has 0 saturated heterocycles. The summed E-state index contributed by atoms with van der Waals surface area (Å²) < 4.78 is 23.8. The molecule has 1 saturated carbocycles. The highest BCUT2D eigenvalue weighted by Crippen LogP contribution is 2.35. The van der Waals surface area contributed by atoms with Gasteiger partial charge >= 0.3 is 0 Å². The van der Waals surface area contributed by atoms with Crippen molar-refractivity contribution < 1.29 is 13.2 Å². The van der Waals surface area contributed by atoms with E-state index in [0.717, 1.165) is 19.1 Å². The molecule has 0 radical (unpaired) electrons. The number of thiazole rings is 1. The minimum atomic E-state index is -3.50. The Morgan fingerprint density at radius 3 is 2.68 bits per heavy atom. The number of amides is 1. The van der Waals surface area contributed by atoms with Gasteiger partial charge in [-0.15, -0.1) is 11.3 Å². The lowest BCUT2D eigenvalue weighted by molar-refractivity contribution is -0.118. The highest BCUT2D eigenvalue weighted by atomic mass is 32.2. The van der Waals surface area contributed by atoms with Crippen molar-refractivity contribution >= 4 is 32.2 Å². The summed E-state index contributed by atoms with van der Waals surface area (Å²) in [6, 6.07) is 6.58. The molecular formula is C20H25N3O3S2. The smallest absolute Gasteiger partial charge is 0.233 e. The van der Waals surface area contributed by atoms with Gasteiger partial charge in [0.15, 0.2) is 15.0 Å². The number of hydrogen-bond acceptors (Lipinski definition) is 6. The molecule has 8 heteroatoms. The molecule has 150 valence electrons. The molecule has 1 unspecified atom stereocenters. The summed E-state index contributed by atoms with van der Waals surface area (Å²) in [6.07, 6.45) is 7.90. The molecule has 1 heterocycles. The van der Waals surface area contributed by atoms with E-state index in [9.17, 15) is 18.5 Å². The van der Waals surface area contributed by atoms with Gasteiger partial charge in [0.25, 0.3) is 0 Å². The van der Waals surface area contributed by atoms with Crippen molar-refractivity contribution in [3.63, 3.8) is 0 Å². The number of anilines is 1. The third-order valence-electron chi connectivity index (χ3n) is 4.95. The first-order chi connectivity index (χ1) is 12.9. The second-order valence-electron chi connectivity index (χ2n) is 6.90. The monoisotopic (exact) mass is 419 g/mol. The molecule has 6 nitrogen and oxygen atoms in total. The highest BCUT2D eigenvalue weighted by molar-refractivity contribution is 7.90. The Bertz CT molecular complexity index is 957. The predicted molar refractivity (Wildman–Crippen MR) is 111 cm³/mol. The molecule has 1 fully saturated rings. The molecule has 1 aliphatic carbocycles. The molecule has 1 aliphatic rings. The van der Waals surface area contributed by atoms with Gasteiger partial charge in [-0.1, -0.05) is 39.2 Å². The van der Waals surface area contributed by atoms with Crippen LogP contribution in [0, 0.1) is 17.2 Å². The minimum absolute atomic E-state index is 0. The highest BCUT2D eigenvalue weighted by Gasteiger charge is 2.28. The molecule has 1 aromatic carbocycles. The number of sulfone groups is 1. The van der Waals surface area contributed by atoms with Crippen LogP contribution in [0.2, 0.25) is 0 Å². The van der Waals surface area contributed by atoms with Crippen LogP contribution in [0.5, 0.6) is 0 Å². The number of rotatable bonds is 6. The lowest BCUT2D eigenvalue weighted by Crippen LogP contribution is -2.23. The van der Waals surface area contributed by atoms with Crippen LogP contribution in [-0.4, -0.2) is 25.6 Å². The lowest BCUT2D eigenvalue weighted by atomic mass is 9.86. The Hall–Kier alpha value is -2.24. The van der Waals surface area contributed by atoms with E-state index in [0.29, 0.717) is 23.0 Å². The summed E-state index contributed by atoms with van der Waals surface area (Å²) in [5.74, 6) is -0.164. The van der Waals surface area contributed by atoms with Gasteiger partial charge in [0.2, 0.25) is 5.91 Å². The van der Waals surface area contributed by atoms with Crippen LogP contribution in [-0.2, 0) is 14.6 Å². The molecular weight excluding hydrogens is 394 g/mol. The van der Waals surface area contributed by atoms with Crippen molar-refractivity contribution in [2.75, 3.05) is 11.6 Å². The zero-order valence-electron chi connectivity index (χ0n) is 15.0. The first-order valence-electron chi connectivity index (χ1n) is 8.83. The fourth-order valence-electron chi connectivity index (χ4n) is 3.63. The SMILES string of the molecule is C.CS(=O)(=O)c1ccc(C(CC2CCCC2)C(=O)Nc2nccs2)cc1C#N. The van der Waals surface area contributed by atoms with Gasteiger partial charge in [-0.25, -0.2) is 13.4 Å². The summed E-state index contributed by atoms with van der Waals surface area (Å²) in [4.78, 5) is 17.0. The lowest BCUT2D eigenvalue weighted by Gasteiger charge is -2.20. The Kier molecular flexibility index (Phi) is 7.33. The third kappa shape index (κ3) is 5.18. The number of carbonyl (C=O) groups excluding carboxylic acids is 1. The van der Waals surface area contributed by atoms with E-state index >= 15 is 0 Å². The average Bonchev–Trinajstić information content (AvgIpc) is 3.32. The van der Waals surface area contributed by atoms with Crippen LogP contribution >= 0.6 is 11.3 Å². The van der Waals surface area contributed by atoms with Gasteiger partial charge in [0.1, 0.15) is 6.07 Å². The van der Waals surface area contributed by atoms with Crippen molar-refractivity contribution in [3.05, 3.63) is 40.9 Å². The number of carbonyl (C=O) groups is 1. The van der Waals surface area contributed by atoms with Crippen LogP contribution in [0.25, 0.3) is 0 Å². The van der Waals surface area contributed by atoms with E-state index in [4.69, 9.17) is 0 Å².